The van der Waals surface area contributed by atoms with Gasteiger partial charge in [0.05, 0.1) is 5.71 Å². The van der Waals surface area contributed by atoms with E-state index in [2.05, 4.69) is 52.2 Å². The first kappa shape index (κ1) is 16.4. The first-order valence-electron chi connectivity index (χ1n) is 6.93. The predicted molar refractivity (Wildman–Crippen MR) is 91.8 cm³/mol. The van der Waals surface area contributed by atoms with Crippen LogP contribution in [0.1, 0.15) is 36.8 Å². The normalized spacial score (nSPS) is 12.1. The van der Waals surface area contributed by atoms with Crippen LogP contribution in [-0.2, 0) is 0 Å². The number of hydrogen-bond acceptors (Lipinski definition) is 3. The van der Waals surface area contributed by atoms with Crippen molar-refractivity contribution in [3.8, 4) is 0 Å². The van der Waals surface area contributed by atoms with Gasteiger partial charge in [0.25, 0.3) is 5.91 Å². The van der Waals surface area contributed by atoms with E-state index in [1.165, 1.54) is 0 Å². The summed E-state index contributed by atoms with van der Waals surface area (Å²) in [7, 11) is 0. The lowest BCUT2D eigenvalue weighted by molar-refractivity contribution is 0.0949. The fourth-order valence-corrected chi connectivity index (χ4v) is 2.20. The molecule has 1 aromatic carbocycles. The highest BCUT2D eigenvalue weighted by molar-refractivity contribution is 9.10. The first-order valence-corrected chi connectivity index (χ1v) is 7.73. The lowest BCUT2D eigenvalue weighted by atomic mass is 9.86. The van der Waals surface area contributed by atoms with E-state index in [9.17, 15) is 4.79 Å². The van der Waals surface area contributed by atoms with Crippen LogP contribution in [0.5, 0.6) is 0 Å². The SMILES string of the molecule is CC(C)(C)/C(=N\NC(=O)c1ccccn1)c1ccc(Br)cc1. The average Bonchev–Trinajstić information content (AvgIpc) is 2.48. The third-order valence-corrected chi connectivity index (χ3v) is 3.52. The van der Waals surface area contributed by atoms with Crippen LogP contribution in [0.15, 0.2) is 58.2 Å². The molecule has 2 rings (SSSR count). The van der Waals surface area contributed by atoms with Crippen LogP contribution in [0, 0.1) is 5.41 Å². The summed E-state index contributed by atoms with van der Waals surface area (Å²) in [6.45, 7) is 6.17. The van der Waals surface area contributed by atoms with Gasteiger partial charge < -0.3 is 0 Å². The van der Waals surface area contributed by atoms with E-state index in [-0.39, 0.29) is 11.3 Å². The number of pyridine rings is 1. The smallest absolute Gasteiger partial charge is 0.266 e. The Balaban J connectivity index is 2.27. The number of halogens is 1. The van der Waals surface area contributed by atoms with E-state index < -0.39 is 0 Å². The minimum absolute atomic E-state index is 0.203. The fraction of sp³-hybridized carbons (Fsp3) is 0.235. The molecule has 1 amide bonds. The van der Waals surface area contributed by atoms with Gasteiger partial charge in [0, 0.05) is 16.1 Å². The van der Waals surface area contributed by atoms with E-state index >= 15 is 0 Å². The molecule has 0 saturated carbocycles. The van der Waals surface area contributed by atoms with Gasteiger partial charge in [-0.05, 0) is 29.8 Å². The van der Waals surface area contributed by atoms with Gasteiger partial charge in [-0.2, -0.15) is 5.10 Å². The molecule has 1 heterocycles. The maximum absolute atomic E-state index is 12.1. The molecule has 0 saturated heterocycles. The molecule has 5 heteroatoms. The summed E-state index contributed by atoms with van der Waals surface area (Å²) in [5, 5.41) is 4.33. The van der Waals surface area contributed by atoms with Gasteiger partial charge in [0.2, 0.25) is 0 Å². The van der Waals surface area contributed by atoms with E-state index in [1.54, 1.807) is 24.4 Å². The summed E-state index contributed by atoms with van der Waals surface area (Å²) in [5.74, 6) is -0.320. The van der Waals surface area contributed by atoms with Crippen molar-refractivity contribution in [1.29, 1.82) is 0 Å². The molecule has 22 heavy (non-hydrogen) atoms. The van der Waals surface area contributed by atoms with E-state index in [1.807, 2.05) is 24.3 Å². The van der Waals surface area contributed by atoms with E-state index in [0.29, 0.717) is 5.69 Å². The molecule has 1 N–H and O–H groups in total. The first-order chi connectivity index (χ1) is 10.4. The van der Waals surface area contributed by atoms with Crippen molar-refractivity contribution in [3.63, 3.8) is 0 Å². The minimum Gasteiger partial charge on any atom is -0.266 e. The van der Waals surface area contributed by atoms with Crippen LogP contribution in [-0.4, -0.2) is 16.6 Å². The number of aromatic nitrogens is 1. The van der Waals surface area contributed by atoms with Gasteiger partial charge in [0.1, 0.15) is 5.69 Å². The molecule has 0 spiro atoms. The molecule has 0 radical (unpaired) electrons. The van der Waals surface area contributed by atoms with Gasteiger partial charge in [-0.1, -0.05) is 54.9 Å². The second-order valence-corrected chi connectivity index (χ2v) is 6.79. The molecule has 0 atom stereocenters. The van der Waals surface area contributed by atoms with Crippen molar-refractivity contribution in [2.45, 2.75) is 20.8 Å². The summed E-state index contributed by atoms with van der Waals surface area (Å²) in [6.07, 6.45) is 1.58. The third kappa shape index (κ3) is 4.24. The topological polar surface area (TPSA) is 54.4 Å². The summed E-state index contributed by atoms with van der Waals surface area (Å²) in [6, 6.07) is 13.0. The van der Waals surface area contributed by atoms with Crippen LogP contribution < -0.4 is 5.43 Å². The Bertz CT molecular complexity index is 673. The number of rotatable bonds is 3. The number of nitrogens with one attached hydrogen (secondary N) is 1. The Hall–Kier alpha value is -2.01. The van der Waals surface area contributed by atoms with Crippen molar-refractivity contribution in [2.75, 3.05) is 0 Å². The highest BCUT2D eigenvalue weighted by Crippen LogP contribution is 2.23. The predicted octanol–water partition coefficient (Wildman–Crippen LogP) is 4.02. The molecule has 4 nitrogen and oxygen atoms in total. The van der Waals surface area contributed by atoms with Crippen LogP contribution in [0.2, 0.25) is 0 Å². The summed E-state index contributed by atoms with van der Waals surface area (Å²) >= 11 is 3.42. The van der Waals surface area contributed by atoms with E-state index in [4.69, 9.17) is 0 Å². The molecular formula is C17H18BrN3O. The molecule has 0 aliphatic carbocycles. The zero-order valence-electron chi connectivity index (χ0n) is 12.8. The van der Waals surface area contributed by atoms with Gasteiger partial charge in [0.15, 0.2) is 0 Å². The third-order valence-electron chi connectivity index (χ3n) is 2.99. The fourth-order valence-electron chi connectivity index (χ4n) is 1.93. The summed E-state index contributed by atoms with van der Waals surface area (Å²) < 4.78 is 1.00. The second-order valence-electron chi connectivity index (χ2n) is 5.87. The number of hydrazone groups is 1. The van der Waals surface area contributed by atoms with Gasteiger partial charge >= 0.3 is 0 Å². The number of carbonyl (C=O) groups is 1. The molecule has 0 unspecified atom stereocenters. The number of nitrogens with zero attached hydrogens (tertiary/aromatic N) is 2. The summed E-state index contributed by atoms with van der Waals surface area (Å²) in [4.78, 5) is 16.1. The van der Waals surface area contributed by atoms with Crippen molar-refractivity contribution in [1.82, 2.24) is 10.4 Å². The van der Waals surface area contributed by atoms with Gasteiger partial charge in [-0.25, -0.2) is 5.43 Å². The number of carbonyl (C=O) groups excluding carboxylic acids is 1. The molecule has 0 aliphatic heterocycles. The number of hydrogen-bond donors (Lipinski definition) is 1. The summed E-state index contributed by atoms with van der Waals surface area (Å²) in [5.41, 5.74) is 4.51. The van der Waals surface area contributed by atoms with Crippen molar-refractivity contribution >= 4 is 27.5 Å². The molecule has 0 fully saturated rings. The lowest BCUT2D eigenvalue weighted by Gasteiger charge is -2.21. The Morgan fingerprint density at radius 2 is 1.82 bits per heavy atom. The van der Waals surface area contributed by atoms with Gasteiger partial charge in [-0.3, -0.25) is 9.78 Å². The van der Waals surface area contributed by atoms with Crippen LogP contribution in [0.25, 0.3) is 0 Å². The lowest BCUT2D eigenvalue weighted by Crippen LogP contribution is -2.27. The Morgan fingerprint density at radius 3 is 2.36 bits per heavy atom. The zero-order valence-corrected chi connectivity index (χ0v) is 14.4. The monoisotopic (exact) mass is 359 g/mol. The zero-order chi connectivity index (χ0) is 16.2. The highest BCUT2D eigenvalue weighted by Gasteiger charge is 2.21. The quantitative estimate of drug-likeness (QED) is 0.664. The highest BCUT2D eigenvalue weighted by atomic mass is 79.9. The molecule has 2 aromatic rings. The minimum atomic E-state index is -0.320. The number of amides is 1. The Labute approximate surface area is 138 Å². The Kier molecular flexibility index (Phi) is 5.08. The largest absolute Gasteiger partial charge is 0.289 e. The van der Waals surface area contributed by atoms with Crippen LogP contribution in [0.3, 0.4) is 0 Å². The maximum Gasteiger partial charge on any atom is 0.289 e. The number of benzene rings is 1. The molecule has 0 bridgehead atoms. The van der Waals surface area contributed by atoms with Crippen molar-refractivity contribution in [2.24, 2.45) is 10.5 Å². The molecule has 114 valence electrons. The molecule has 0 aliphatic rings. The van der Waals surface area contributed by atoms with Crippen LogP contribution >= 0.6 is 15.9 Å². The Morgan fingerprint density at radius 1 is 1.14 bits per heavy atom. The maximum atomic E-state index is 12.1. The molecular weight excluding hydrogens is 342 g/mol. The van der Waals surface area contributed by atoms with E-state index in [0.717, 1.165) is 15.7 Å². The second kappa shape index (κ2) is 6.83. The standard InChI is InChI=1S/C17H18BrN3O/c1-17(2,3)15(12-7-9-13(18)10-8-12)20-21-16(22)14-6-4-5-11-19-14/h4-11H,1-3H3,(H,21,22)/b20-15-. The van der Waals surface area contributed by atoms with Crippen molar-refractivity contribution < 1.29 is 4.79 Å². The van der Waals surface area contributed by atoms with Gasteiger partial charge in [-0.15, -0.1) is 0 Å². The molecule has 1 aromatic heterocycles. The van der Waals surface area contributed by atoms with Crippen molar-refractivity contribution in [3.05, 3.63) is 64.4 Å². The van der Waals surface area contributed by atoms with Crippen LogP contribution in [0.4, 0.5) is 0 Å². The average molecular weight is 360 g/mol.